The van der Waals surface area contributed by atoms with E-state index in [1.807, 2.05) is 30.3 Å². The maximum atomic E-state index is 14.0. The van der Waals surface area contributed by atoms with Crippen LogP contribution in [0.3, 0.4) is 0 Å². The molecule has 3 fully saturated rings. The zero-order chi connectivity index (χ0) is 26.1. The van der Waals surface area contributed by atoms with Crippen molar-refractivity contribution in [2.75, 3.05) is 5.73 Å². The van der Waals surface area contributed by atoms with Crippen LogP contribution in [-0.4, -0.2) is 16.6 Å². The van der Waals surface area contributed by atoms with Gasteiger partial charge in [0.2, 0.25) is 0 Å². The molecule has 1 aromatic heterocycles. The summed E-state index contributed by atoms with van der Waals surface area (Å²) in [6, 6.07) is 11.8. The van der Waals surface area contributed by atoms with Gasteiger partial charge in [-0.1, -0.05) is 32.0 Å². The molecule has 1 aromatic carbocycles. The Labute approximate surface area is 218 Å². The van der Waals surface area contributed by atoms with E-state index in [9.17, 15) is 14.9 Å². The van der Waals surface area contributed by atoms with Crippen LogP contribution in [0, 0.1) is 45.8 Å². The number of carbonyl (C=O) groups excluding carboxylic acids is 1. The third kappa shape index (κ3) is 3.42. The number of fused-ring (bicyclic) bond motifs is 6. The normalized spacial score (nSPS) is 35.9. The Balaban J connectivity index is 1.40. The molecule has 2 N–H and O–H groups in total. The second-order valence-electron chi connectivity index (χ2n) is 12.6. The zero-order valence-electron chi connectivity index (χ0n) is 22.1. The molecule has 2 aromatic rings. The van der Waals surface area contributed by atoms with Crippen molar-refractivity contribution in [2.45, 2.75) is 78.2 Å². The van der Waals surface area contributed by atoms with Crippen molar-refractivity contribution in [1.82, 2.24) is 4.57 Å². The smallest absolute Gasteiger partial charge is 0.302 e. The van der Waals surface area contributed by atoms with Gasteiger partial charge < -0.3 is 10.5 Å². The summed E-state index contributed by atoms with van der Waals surface area (Å²) in [5, 5.41) is 10.1. The molecule has 7 atom stereocenters. The van der Waals surface area contributed by atoms with E-state index in [1.165, 1.54) is 13.3 Å². The maximum absolute atomic E-state index is 14.0. The Hall–Kier alpha value is -3.07. The molecule has 6 rings (SSSR count). The summed E-state index contributed by atoms with van der Waals surface area (Å²) in [5.41, 5.74) is 9.31. The molecule has 0 saturated heterocycles. The van der Waals surface area contributed by atoms with Gasteiger partial charge in [0, 0.05) is 17.9 Å². The van der Waals surface area contributed by atoms with Gasteiger partial charge in [0.25, 0.3) is 5.56 Å². The minimum absolute atomic E-state index is 0.00723. The van der Waals surface area contributed by atoms with Crippen LogP contribution in [0.4, 0.5) is 5.82 Å². The second kappa shape index (κ2) is 8.48. The SMILES string of the molecule is CC(=O)O[C@H]1CC[C@H]2[C@@H]3CC[C@H]4Cc5c(C#N)c(N)n(-c6ccccc6)c(=O)c5C[C@]4(C)[C@H]3CC[C@]12C. The van der Waals surface area contributed by atoms with Gasteiger partial charge in [0.15, 0.2) is 0 Å². The van der Waals surface area contributed by atoms with E-state index in [0.717, 1.165) is 49.7 Å². The summed E-state index contributed by atoms with van der Waals surface area (Å²) in [6.07, 6.45) is 7.99. The molecule has 194 valence electrons. The molecule has 6 nitrogen and oxygen atoms in total. The van der Waals surface area contributed by atoms with Gasteiger partial charge in [0.1, 0.15) is 18.0 Å². The van der Waals surface area contributed by atoms with E-state index in [-0.39, 0.29) is 34.3 Å². The average molecular weight is 500 g/mol. The molecule has 0 spiro atoms. The van der Waals surface area contributed by atoms with Crippen LogP contribution in [0.1, 0.15) is 76.0 Å². The Morgan fingerprint density at radius 1 is 1.05 bits per heavy atom. The number of rotatable bonds is 2. The molecule has 1 heterocycles. The summed E-state index contributed by atoms with van der Waals surface area (Å²) >= 11 is 0. The van der Waals surface area contributed by atoms with Crippen LogP contribution in [0.5, 0.6) is 0 Å². The lowest BCUT2D eigenvalue weighted by Gasteiger charge is -2.60. The molecule has 0 amide bonds. The van der Waals surface area contributed by atoms with Crippen LogP contribution in [-0.2, 0) is 22.4 Å². The molecule has 0 aliphatic heterocycles. The van der Waals surface area contributed by atoms with Crippen LogP contribution >= 0.6 is 0 Å². The highest BCUT2D eigenvalue weighted by Crippen LogP contribution is 2.66. The highest BCUT2D eigenvalue weighted by atomic mass is 16.5. The first-order valence-electron chi connectivity index (χ1n) is 13.9. The minimum atomic E-state index is -0.171. The van der Waals surface area contributed by atoms with Crippen molar-refractivity contribution >= 4 is 11.8 Å². The lowest BCUT2D eigenvalue weighted by molar-refractivity contribution is -0.160. The van der Waals surface area contributed by atoms with Crippen molar-refractivity contribution in [2.24, 2.45) is 34.5 Å². The number of hydrogen-bond donors (Lipinski definition) is 1. The number of nitrogens with zero attached hydrogens (tertiary/aromatic N) is 2. The quantitative estimate of drug-likeness (QED) is 0.574. The lowest BCUT2D eigenvalue weighted by atomic mass is 9.45. The summed E-state index contributed by atoms with van der Waals surface area (Å²) in [6.45, 7) is 6.28. The van der Waals surface area contributed by atoms with Crippen molar-refractivity contribution in [3.8, 4) is 11.8 Å². The van der Waals surface area contributed by atoms with E-state index in [2.05, 4.69) is 19.9 Å². The molecule has 0 radical (unpaired) electrons. The van der Waals surface area contributed by atoms with E-state index >= 15 is 0 Å². The summed E-state index contributed by atoms with van der Waals surface area (Å²) in [7, 11) is 0. The minimum Gasteiger partial charge on any atom is -0.462 e. The number of nitrogens with two attached hydrogens (primary N) is 1. The van der Waals surface area contributed by atoms with Crippen LogP contribution in [0.25, 0.3) is 5.69 Å². The number of anilines is 1. The van der Waals surface area contributed by atoms with Crippen molar-refractivity contribution in [3.63, 3.8) is 0 Å². The molecular weight excluding hydrogens is 462 g/mol. The van der Waals surface area contributed by atoms with Gasteiger partial charge >= 0.3 is 5.97 Å². The van der Waals surface area contributed by atoms with Gasteiger partial charge in [-0.25, -0.2) is 0 Å². The van der Waals surface area contributed by atoms with Crippen LogP contribution < -0.4 is 11.3 Å². The van der Waals surface area contributed by atoms with Gasteiger partial charge in [-0.15, -0.1) is 0 Å². The number of hydrogen-bond acceptors (Lipinski definition) is 5. The fourth-order valence-corrected chi connectivity index (χ4v) is 9.28. The number of aromatic nitrogens is 1. The van der Waals surface area contributed by atoms with Crippen molar-refractivity contribution in [1.29, 1.82) is 5.26 Å². The van der Waals surface area contributed by atoms with Gasteiger partial charge in [-0.3, -0.25) is 14.2 Å². The van der Waals surface area contributed by atoms with E-state index < -0.39 is 0 Å². The van der Waals surface area contributed by atoms with Crippen LogP contribution in [0.2, 0.25) is 0 Å². The Kier molecular flexibility index (Phi) is 5.56. The average Bonchev–Trinajstić information content (AvgIpc) is 3.20. The monoisotopic (exact) mass is 499 g/mol. The molecule has 4 aliphatic rings. The summed E-state index contributed by atoms with van der Waals surface area (Å²) in [4.78, 5) is 25.8. The van der Waals surface area contributed by atoms with Crippen molar-refractivity contribution in [3.05, 3.63) is 57.4 Å². The van der Waals surface area contributed by atoms with E-state index in [0.29, 0.717) is 41.3 Å². The molecule has 0 bridgehead atoms. The highest BCUT2D eigenvalue weighted by molar-refractivity contribution is 5.66. The Bertz CT molecular complexity index is 1360. The first-order chi connectivity index (χ1) is 17.7. The molecule has 3 saturated carbocycles. The second-order valence-corrected chi connectivity index (χ2v) is 12.6. The molecular formula is C31H37N3O3. The first kappa shape index (κ1) is 24.3. The standard InChI is InChI=1S/C31H37N3O3/c1-18(35)37-27-12-11-25-21-10-9-19-15-22-23(16-31(19,3)26(21)13-14-30(25,27)2)29(36)34(28(33)24(22)17-32)20-7-5-4-6-8-20/h4-8,19,21,25-27H,9-16,33H2,1-3H3/t19-,21-,25-,26-,27-,30-,31-/m0/s1. The number of pyridine rings is 1. The van der Waals surface area contributed by atoms with Gasteiger partial charge in [0.05, 0.1) is 11.3 Å². The molecule has 6 heteroatoms. The molecule has 0 unspecified atom stereocenters. The maximum Gasteiger partial charge on any atom is 0.302 e. The predicted octanol–water partition coefficient (Wildman–Crippen LogP) is 5.18. The molecule has 37 heavy (non-hydrogen) atoms. The number of carbonyl (C=O) groups is 1. The lowest BCUT2D eigenvalue weighted by Crippen LogP contribution is -2.55. The Morgan fingerprint density at radius 2 is 1.78 bits per heavy atom. The van der Waals surface area contributed by atoms with Gasteiger partial charge in [-0.05, 0) is 98.1 Å². The van der Waals surface area contributed by atoms with E-state index in [1.54, 1.807) is 4.57 Å². The number of nitriles is 1. The number of nitrogen functional groups attached to an aromatic ring is 1. The predicted molar refractivity (Wildman–Crippen MR) is 142 cm³/mol. The zero-order valence-corrected chi connectivity index (χ0v) is 22.1. The number of para-hydroxylation sites is 1. The largest absolute Gasteiger partial charge is 0.462 e. The Morgan fingerprint density at radius 3 is 2.49 bits per heavy atom. The number of esters is 1. The van der Waals surface area contributed by atoms with Crippen LogP contribution in [0.15, 0.2) is 35.1 Å². The van der Waals surface area contributed by atoms with Gasteiger partial charge in [-0.2, -0.15) is 5.26 Å². The topological polar surface area (TPSA) is 98.1 Å². The fraction of sp³-hybridized carbons (Fsp3) is 0.581. The first-order valence-corrected chi connectivity index (χ1v) is 13.9. The highest BCUT2D eigenvalue weighted by Gasteiger charge is 2.61. The fourth-order valence-electron chi connectivity index (χ4n) is 9.28. The third-order valence-electron chi connectivity index (χ3n) is 11.0. The molecule has 4 aliphatic carbocycles. The summed E-state index contributed by atoms with van der Waals surface area (Å²) < 4.78 is 7.37. The third-order valence-corrected chi connectivity index (χ3v) is 11.0. The number of ether oxygens (including phenoxy) is 1. The van der Waals surface area contributed by atoms with Crippen molar-refractivity contribution < 1.29 is 9.53 Å². The van der Waals surface area contributed by atoms with E-state index in [4.69, 9.17) is 10.5 Å². The number of benzene rings is 1. The summed E-state index contributed by atoms with van der Waals surface area (Å²) in [5.74, 6) is 2.19.